The molecule has 0 saturated heterocycles. The monoisotopic (exact) mass is 221 g/mol. The fourth-order valence-corrected chi connectivity index (χ4v) is 0.798. The van der Waals surface area contributed by atoms with E-state index >= 15 is 0 Å². The Balaban J connectivity index is 3.08. The van der Waals surface area contributed by atoms with Crippen molar-refractivity contribution in [3.63, 3.8) is 0 Å². The summed E-state index contributed by atoms with van der Waals surface area (Å²) >= 11 is 0. The van der Waals surface area contributed by atoms with Crippen LogP contribution in [0.5, 0.6) is 0 Å². The Labute approximate surface area is 89.3 Å². The van der Waals surface area contributed by atoms with Crippen LogP contribution in [0.25, 0.3) is 0 Å². The van der Waals surface area contributed by atoms with E-state index in [4.69, 9.17) is 25.1 Å². The second kappa shape index (κ2) is 9.85. The molecule has 0 radical (unpaired) electrons. The average Bonchev–Trinajstić information content (AvgIpc) is 2.21. The second-order valence-corrected chi connectivity index (χ2v) is 2.95. The highest BCUT2D eigenvalue weighted by Crippen LogP contribution is 1.89. The third-order valence-corrected chi connectivity index (χ3v) is 1.69. The van der Waals surface area contributed by atoms with Gasteiger partial charge in [-0.05, 0) is 6.42 Å². The van der Waals surface area contributed by atoms with Gasteiger partial charge in [0.15, 0.2) is 0 Å². The summed E-state index contributed by atoms with van der Waals surface area (Å²) in [6.07, 6.45) is 0.313. The maximum atomic E-state index is 10.3. The highest BCUT2D eigenvalue weighted by molar-refractivity contribution is 5.72. The normalized spacial score (nSPS) is 12.7. The van der Waals surface area contributed by atoms with Gasteiger partial charge in [0.1, 0.15) is 6.04 Å². The molecule has 1 atom stereocenters. The molecule has 0 aliphatic rings. The second-order valence-electron chi connectivity index (χ2n) is 2.95. The third-order valence-electron chi connectivity index (χ3n) is 1.69. The number of hydrogen-bond acceptors (Lipinski definition) is 5. The van der Waals surface area contributed by atoms with Crippen LogP contribution in [0.3, 0.4) is 0 Å². The van der Waals surface area contributed by atoms with Crippen LogP contribution in [-0.2, 0) is 19.0 Å². The first-order valence-corrected chi connectivity index (χ1v) is 4.81. The number of nitrogens with two attached hydrogens (primary N) is 1. The molecule has 0 aromatic heterocycles. The molecular weight excluding hydrogens is 202 g/mol. The quantitative estimate of drug-likeness (QED) is 0.482. The Hall–Kier alpha value is -0.690. The van der Waals surface area contributed by atoms with Crippen LogP contribution in [-0.4, -0.2) is 57.3 Å². The lowest BCUT2D eigenvalue weighted by Crippen LogP contribution is -2.31. The van der Waals surface area contributed by atoms with E-state index in [-0.39, 0.29) is 0 Å². The van der Waals surface area contributed by atoms with Crippen molar-refractivity contribution in [2.24, 2.45) is 5.73 Å². The molecule has 0 rings (SSSR count). The summed E-state index contributed by atoms with van der Waals surface area (Å²) in [5.41, 5.74) is 5.27. The van der Waals surface area contributed by atoms with Gasteiger partial charge in [-0.3, -0.25) is 4.79 Å². The van der Waals surface area contributed by atoms with Crippen molar-refractivity contribution >= 4 is 5.97 Å². The van der Waals surface area contributed by atoms with Gasteiger partial charge >= 0.3 is 5.97 Å². The van der Waals surface area contributed by atoms with Crippen LogP contribution in [0, 0.1) is 0 Å². The lowest BCUT2D eigenvalue weighted by molar-refractivity contribution is -0.139. The van der Waals surface area contributed by atoms with Gasteiger partial charge < -0.3 is 25.1 Å². The minimum absolute atomic E-state index is 0.313. The van der Waals surface area contributed by atoms with Crippen molar-refractivity contribution in [1.82, 2.24) is 0 Å². The lowest BCUT2D eigenvalue weighted by Gasteiger charge is -2.07. The van der Waals surface area contributed by atoms with Gasteiger partial charge in [-0.2, -0.15) is 0 Å². The minimum atomic E-state index is -1.00. The number of aliphatic carboxylic acids is 1. The van der Waals surface area contributed by atoms with E-state index in [1.54, 1.807) is 7.11 Å². The number of carboxylic acids is 1. The summed E-state index contributed by atoms with van der Waals surface area (Å²) in [5, 5.41) is 8.46. The molecule has 0 spiro atoms. The average molecular weight is 221 g/mol. The number of rotatable bonds is 10. The predicted molar refractivity (Wildman–Crippen MR) is 53.7 cm³/mol. The summed E-state index contributed by atoms with van der Waals surface area (Å²) < 4.78 is 15.0. The standard InChI is InChI=1S/C9H19NO5/c1-13-4-5-15-7-6-14-3-2-8(10)9(11)12/h8H,2-7,10H2,1H3,(H,11,12)/t8-/m0/s1. The van der Waals surface area contributed by atoms with Crippen molar-refractivity contribution in [2.75, 3.05) is 40.1 Å². The number of carbonyl (C=O) groups is 1. The molecule has 0 fully saturated rings. The summed E-state index contributed by atoms with van der Waals surface area (Å²) in [6, 6.07) is -0.848. The van der Waals surface area contributed by atoms with Gasteiger partial charge in [0.25, 0.3) is 0 Å². The fourth-order valence-electron chi connectivity index (χ4n) is 0.798. The summed E-state index contributed by atoms with van der Waals surface area (Å²) in [5.74, 6) is -1.00. The zero-order chi connectivity index (χ0) is 11.5. The van der Waals surface area contributed by atoms with Crippen molar-refractivity contribution in [3.05, 3.63) is 0 Å². The van der Waals surface area contributed by atoms with Crippen LogP contribution >= 0.6 is 0 Å². The Kier molecular flexibility index (Phi) is 9.40. The van der Waals surface area contributed by atoms with E-state index in [1.165, 1.54) is 0 Å². The number of ether oxygens (including phenoxy) is 3. The fraction of sp³-hybridized carbons (Fsp3) is 0.889. The summed E-state index contributed by atoms with van der Waals surface area (Å²) in [6.45, 7) is 2.35. The highest BCUT2D eigenvalue weighted by atomic mass is 16.5. The highest BCUT2D eigenvalue weighted by Gasteiger charge is 2.09. The first kappa shape index (κ1) is 14.3. The van der Waals surface area contributed by atoms with Crippen molar-refractivity contribution in [1.29, 1.82) is 0 Å². The first-order chi connectivity index (χ1) is 7.18. The smallest absolute Gasteiger partial charge is 0.320 e. The van der Waals surface area contributed by atoms with Gasteiger partial charge in [-0.25, -0.2) is 0 Å². The van der Waals surface area contributed by atoms with Gasteiger partial charge in [0.2, 0.25) is 0 Å². The predicted octanol–water partition coefficient (Wildman–Crippen LogP) is -0.532. The van der Waals surface area contributed by atoms with Gasteiger partial charge in [0.05, 0.1) is 26.4 Å². The molecular formula is C9H19NO5. The molecule has 0 aliphatic heterocycles. The Morgan fingerprint density at radius 1 is 1.20 bits per heavy atom. The van der Waals surface area contributed by atoms with Crippen LogP contribution in [0.1, 0.15) is 6.42 Å². The molecule has 0 aromatic rings. The zero-order valence-electron chi connectivity index (χ0n) is 8.98. The van der Waals surface area contributed by atoms with Crippen molar-refractivity contribution < 1.29 is 24.1 Å². The molecule has 6 nitrogen and oxygen atoms in total. The van der Waals surface area contributed by atoms with Gasteiger partial charge in [-0.1, -0.05) is 0 Å². The zero-order valence-corrected chi connectivity index (χ0v) is 8.98. The molecule has 3 N–H and O–H groups in total. The van der Waals surface area contributed by atoms with E-state index in [1.807, 2.05) is 0 Å². The first-order valence-electron chi connectivity index (χ1n) is 4.81. The van der Waals surface area contributed by atoms with Gasteiger partial charge in [0, 0.05) is 13.7 Å². The molecule has 0 aliphatic carbocycles. The minimum Gasteiger partial charge on any atom is -0.480 e. The maximum Gasteiger partial charge on any atom is 0.320 e. The van der Waals surface area contributed by atoms with Crippen molar-refractivity contribution in [2.45, 2.75) is 12.5 Å². The van der Waals surface area contributed by atoms with Crippen LogP contribution in [0.4, 0.5) is 0 Å². The molecule has 15 heavy (non-hydrogen) atoms. The Bertz CT molecular complexity index is 165. The van der Waals surface area contributed by atoms with E-state index in [2.05, 4.69) is 0 Å². The third kappa shape index (κ3) is 9.61. The summed E-state index contributed by atoms with van der Waals surface area (Å²) in [7, 11) is 1.60. The lowest BCUT2D eigenvalue weighted by atomic mass is 10.2. The van der Waals surface area contributed by atoms with E-state index in [9.17, 15) is 4.79 Å². The Morgan fingerprint density at radius 3 is 2.27 bits per heavy atom. The largest absolute Gasteiger partial charge is 0.480 e. The van der Waals surface area contributed by atoms with E-state index in [0.29, 0.717) is 39.5 Å². The molecule has 0 aromatic carbocycles. The van der Waals surface area contributed by atoms with Crippen LogP contribution < -0.4 is 5.73 Å². The molecule has 0 bridgehead atoms. The number of hydrogen-bond donors (Lipinski definition) is 2. The van der Waals surface area contributed by atoms with E-state index < -0.39 is 12.0 Å². The number of methoxy groups -OCH3 is 1. The topological polar surface area (TPSA) is 91.0 Å². The molecule has 0 heterocycles. The van der Waals surface area contributed by atoms with Crippen LogP contribution in [0.15, 0.2) is 0 Å². The number of carboxylic acid groups (broad SMARTS) is 1. The van der Waals surface area contributed by atoms with E-state index in [0.717, 1.165) is 0 Å². The molecule has 90 valence electrons. The molecule has 6 heteroatoms. The van der Waals surface area contributed by atoms with Crippen molar-refractivity contribution in [3.8, 4) is 0 Å². The van der Waals surface area contributed by atoms with Crippen LogP contribution in [0.2, 0.25) is 0 Å². The molecule has 0 amide bonds. The summed E-state index contributed by atoms with van der Waals surface area (Å²) in [4.78, 5) is 10.3. The Morgan fingerprint density at radius 2 is 1.73 bits per heavy atom. The van der Waals surface area contributed by atoms with Gasteiger partial charge in [-0.15, -0.1) is 0 Å². The maximum absolute atomic E-state index is 10.3. The molecule has 0 unspecified atom stereocenters. The molecule has 0 saturated carbocycles. The SMILES string of the molecule is COCCOCCOCC[C@H](N)C(=O)O.